The van der Waals surface area contributed by atoms with Gasteiger partial charge < -0.3 is 20.1 Å². The normalized spacial score (nSPS) is 47.3. The van der Waals surface area contributed by atoms with E-state index in [2.05, 4.69) is 24.3 Å². The van der Waals surface area contributed by atoms with Crippen molar-refractivity contribution in [2.24, 2.45) is 50.7 Å². The van der Waals surface area contributed by atoms with Gasteiger partial charge >= 0.3 is 0 Å². The molecule has 1 heterocycles. The molecule has 184 valence electrons. The number of hydrogen-bond acceptors (Lipinski definition) is 7. The van der Waals surface area contributed by atoms with Crippen LogP contribution in [0.2, 0.25) is 0 Å². The Morgan fingerprint density at radius 2 is 1.97 bits per heavy atom. The molecule has 2 N–H and O–H groups in total. The van der Waals surface area contributed by atoms with Gasteiger partial charge in [-0.25, -0.2) is 0 Å². The number of aliphatic hydroxyl groups excluding tert-OH is 1. The van der Waals surface area contributed by atoms with Crippen molar-refractivity contribution in [3.8, 4) is 0 Å². The molecule has 0 bridgehead atoms. The van der Waals surface area contributed by atoms with Crippen molar-refractivity contribution in [3.05, 3.63) is 0 Å². The van der Waals surface area contributed by atoms with Gasteiger partial charge in [-0.2, -0.15) is 0 Å². The van der Waals surface area contributed by atoms with Gasteiger partial charge in [0.15, 0.2) is 0 Å². The van der Waals surface area contributed by atoms with Crippen LogP contribution in [0, 0.1) is 40.4 Å². The average Bonchev–Trinajstić information content (AvgIpc) is 3.45. The van der Waals surface area contributed by atoms with Crippen LogP contribution >= 0.6 is 0 Å². The monoisotopic (exact) mass is 459 g/mol. The van der Waals surface area contributed by atoms with Gasteiger partial charge in [0.05, 0.1) is 11.4 Å². The van der Waals surface area contributed by atoms with E-state index in [1.54, 1.807) is 7.11 Å². The van der Waals surface area contributed by atoms with E-state index in [4.69, 9.17) is 14.8 Å². The molecule has 0 amide bonds. The van der Waals surface area contributed by atoms with E-state index in [1.807, 2.05) is 0 Å². The van der Waals surface area contributed by atoms with Crippen LogP contribution in [0.4, 0.5) is 0 Å². The van der Waals surface area contributed by atoms with Crippen molar-refractivity contribution in [1.29, 1.82) is 0 Å². The van der Waals surface area contributed by atoms with Crippen LogP contribution in [-0.4, -0.2) is 55.2 Å². The molecule has 33 heavy (non-hydrogen) atoms. The third-order valence-electron chi connectivity index (χ3n) is 10.3. The summed E-state index contributed by atoms with van der Waals surface area (Å²) in [7, 11) is 1.62. The molecule has 5 fully saturated rings. The summed E-state index contributed by atoms with van der Waals surface area (Å²) in [6, 6.07) is 0. The first-order valence-electron chi connectivity index (χ1n) is 13.2. The van der Waals surface area contributed by atoms with Gasteiger partial charge in [0.2, 0.25) is 0 Å². The van der Waals surface area contributed by atoms with E-state index in [9.17, 15) is 9.90 Å². The Balaban J connectivity index is 1.50. The number of carbonyl (C=O) groups excluding carboxylic acids is 1. The molecule has 5 rings (SSSR count). The molecule has 0 aromatic rings. The number of Topliss-reactive ketones (excluding diaryl/α,β-unsaturated/α-hetero) is 1. The van der Waals surface area contributed by atoms with Gasteiger partial charge in [-0.1, -0.05) is 24.2 Å². The standard InChI is InChI=1S/C26H41N3O4/c1-4-17-21(29-33-16-9-12-27-14-16)8-11-26(15-30)20-7-10-25(2)19(5-6-23(25)31)18(20)13-22(24(17)26)28-32-3/h16-20,24,27,30H,4-15H2,1-3H3/b28-22+,29-21?/t16?,17-,18?,19?,20?,24?,25-,26-/m0/s1. The minimum Gasteiger partial charge on any atom is -0.399 e. The quantitative estimate of drug-likeness (QED) is 0.614. The van der Waals surface area contributed by atoms with E-state index in [0.29, 0.717) is 30.0 Å². The number of oxime groups is 2. The van der Waals surface area contributed by atoms with Crippen molar-refractivity contribution in [1.82, 2.24) is 5.32 Å². The summed E-state index contributed by atoms with van der Waals surface area (Å²) in [5.41, 5.74) is 1.77. The Labute approximate surface area is 197 Å². The first kappa shape index (κ1) is 23.3. The maximum Gasteiger partial charge on any atom is 0.141 e. The van der Waals surface area contributed by atoms with Gasteiger partial charge in [-0.3, -0.25) is 4.79 Å². The fourth-order valence-corrected chi connectivity index (χ4v) is 8.65. The lowest BCUT2D eigenvalue weighted by atomic mass is 9.42. The summed E-state index contributed by atoms with van der Waals surface area (Å²) < 4.78 is 0. The van der Waals surface area contributed by atoms with E-state index in [-0.39, 0.29) is 35.4 Å². The largest absolute Gasteiger partial charge is 0.399 e. The topological polar surface area (TPSA) is 92.5 Å². The fraction of sp³-hybridized carbons (Fsp3) is 0.885. The minimum atomic E-state index is -0.220. The van der Waals surface area contributed by atoms with E-state index >= 15 is 0 Å². The molecule has 7 nitrogen and oxygen atoms in total. The second kappa shape index (κ2) is 8.95. The van der Waals surface area contributed by atoms with Crippen molar-refractivity contribution in [2.75, 3.05) is 26.8 Å². The van der Waals surface area contributed by atoms with Gasteiger partial charge in [-0.05, 0) is 69.2 Å². The molecule has 8 atom stereocenters. The van der Waals surface area contributed by atoms with Crippen LogP contribution in [0.25, 0.3) is 0 Å². The molecule has 1 saturated heterocycles. The molecular weight excluding hydrogens is 418 g/mol. The lowest BCUT2D eigenvalue weighted by Crippen LogP contribution is -2.61. The number of nitrogens with zero attached hydrogens (tertiary/aromatic N) is 2. The number of fused-ring (bicyclic) bond motifs is 5. The van der Waals surface area contributed by atoms with Gasteiger partial charge in [0, 0.05) is 48.7 Å². The van der Waals surface area contributed by atoms with Crippen LogP contribution in [0.1, 0.15) is 71.6 Å². The Morgan fingerprint density at radius 1 is 1.12 bits per heavy atom. The number of aliphatic hydroxyl groups is 1. The molecule has 4 aliphatic carbocycles. The second-order valence-electron chi connectivity index (χ2n) is 11.5. The van der Waals surface area contributed by atoms with E-state index in [1.165, 1.54) is 0 Å². The molecule has 0 aromatic heterocycles. The predicted molar refractivity (Wildman–Crippen MR) is 127 cm³/mol. The number of rotatable bonds is 5. The highest BCUT2D eigenvalue weighted by atomic mass is 16.6. The first-order chi connectivity index (χ1) is 16.0. The van der Waals surface area contributed by atoms with E-state index < -0.39 is 0 Å². The number of nitrogens with one attached hydrogen (secondary N) is 1. The first-order valence-corrected chi connectivity index (χ1v) is 13.2. The van der Waals surface area contributed by atoms with Crippen LogP contribution < -0.4 is 5.32 Å². The summed E-state index contributed by atoms with van der Waals surface area (Å²) >= 11 is 0. The van der Waals surface area contributed by atoms with Crippen molar-refractivity contribution in [2.45, 2.75) is 77.7 Å². The zero-order chi connectivity index (χ0) is 23.2. The maximum absolute atomic E-state index is 12.8. The minimum absolute atomic E-state index is 0.118. The van der Waals surface area contributed by atoms with Crippen LogP contribution in [0.15, 0.2) is 10.3 Å². The van der Waals surface area contributed by atoms with Crippen LogP contribution in [0.5, 0.6) is 0 Å². The highest BCUT2D eigenvalue weighted by Crippen LogP contribution is 2.65. The van der Waals surface area contributed by atoms with Gasteiger partial charge in [0.1, 0.15) is 19.0 Å². The highest BCUT2D eigenvalue weighted by Gasteiger charge is 2.64. The number of hydrogen-bond donors (Lipinski definition) is 2. The lowest BCUT2D eigenvalue weighted by Gasteiger charge is -2.61. The summed E-state index contributed by atoms with van der Waals surface area (Å²) in [6.07, 6.45) is 8.39. The van der Waals surface area contributed by atoms with Crippen molar-refractivity contribution >= 4 is 17.2 Å². The van der Waals surface area contributed by atoms with E-state index in [0.717, 1.165) is 75.9 Å². The molecule has 0 spiro atoms. The molecule has 7 heteroatoms. The molecule has 0 aromatic carbocycles. The third kappa shape index (κ3) is 3.56. The van der Waals surface area contributed by atoms with Crippen molar-refractivity contribution in [3.63, 3.8) is 0 Å². The molecule has 1 aliphatic heterocycles. The Kier molecular flexibility index (Phi) is 6.32. The van der Waals surface area contributed by atoms with Gasteiger partial charge in [-0.15, -0.1) is 0 Å². The fourth-order valence-electron chi connectivity index (χ4n) is 8.65. The summed E-state index contributed by atoms with van der Waals surface area (Å²) in [5, 5.41) is 23.7. The number of ketones is 1. The smallest absolute Gasteiger partial charge is 0.141 e. The number of carbonyl (C=O) groups is 1. The lowest BCUT2D eigenvalue weighted by molar-refractivity contribution is -0.136. The predicted octanol–water partition coefficient (Wildman–Crippen LogP) is 3.55. The van der Waals surface area contributed by atoms with Crippen LogP contribution in [-0.2, 0) is 14.5 Å². The molecule has 5 aliphatic rings. The van der Waals surface area contributed by atoms with Crippen molar-refractivity contribution < 1.29 is 19.6 Å². The second-order valence-corrected chi connectivity index (χ2v) is 11.5. The molecule has 5 unspecified atom stereocenters. The van der Waals surface area contributed by atoms with Gasteiger partial charge in [0.25, 0.3) is 0 Å². The highest BCUT2D eigenvalue weighted by molar-refractivity contribution is 5.97. The zero-order valence-electron chi connectivity index (χ0n) is 20.5. The SMILES string of the molecule is CC[C@H]1C(=NOC2CCNC2)CC[C@]2(CO)C3CC[C@]4(C)C(=O)CCC4C3C/C(=N\OC)C12. The summed E-state index contributed by atoms with van der Waals surface area (Å²) in [4.78, 5) is 24.2. The Hall–Kier alpha value is -1.47. The Morgan fingerprint density at radius 3 is 2.67 bits per heavy atom. The summed E-state index contributed by atoms with van der Waals surface area (Å²) in [6.45, 7) is 6.42. The average molecular weight is 460 g/mol. The zero-order valence-corrected chi connectivity index (χ0v) is 20.5. The molecule has 0 radical (unpaired) electrons. The third-order valence-corrected chi connectivity index (χ3v) is 10.3. The molecular formula is C26H41N3O4. The van der Waals surface area contributed by atoms with Crippen LogP contribution in [0.3, 0.4) is 0 Å². The molecule has 4 saturated carbocycles. The maximum atomic E-state index is 12.8. The Bertz CT molecular complexity index is 822. The summed E-state index contributed by atoms with van der Waals surface area (Å²) in [5.74, 6) is 1.97.